The SMILES string of the molecule is Cc1nn(C(C)(C)C#N)cc1Nc1ncc2c(Cl)cc(C3CC3)n2n1. The van der Waals surface area contributed by atoms with Crippen molar-refractivity contribution in [1.82, 2.24) is 24.4 Å². The molecule has 3 heterocycles. The Morgan fingerprint density at radius 3 is 2.80 bits per heavy atom. The van der Waals surface area contributed by atoms with E-state index in [0.717, 1.165) is 22.6 Å². The Morgan fingerprint density at radius 1 is 1.36 bits per heavy atom. The fraction of sp³-hybridized carbons (Fsp3) is 0.412. The van der Waals surface area contributed by atoms with Crippen molar-refractivity contribution in [2.24, 2.45) is 0 Å². The number of fused-ring (bicyclic) bond motifs is 1. The van der Waals surface area contributed by atoms with Crippen LogP contribution >= 0.6 is 11.6 Å². The predicted octanol–water partition coefficient (Wildman–Crippen LogP) is 3.77. The molecule has 0 amide bonds. The second-order valence-corrected chi connectivity index (χ2v) is 7.35. The van der Waals surface area contributed by atoms with Gasteiger partial charge in [0.05, 0.1) is 34.9 Å². The van der Waals surface area contributed by atoms with Crippen molar-refractivity contribution in [2.45, 2.75) is 45.1 Å². The van der Waals surface area contributed by atoms with E-state index < -0.39 is 5.54 Å². The number of aromatic nitrogens is 5. The molecule has 0 saturated heterocycles. The van der Waals surface area contributed by atoms with E-state index in [4.69, 9.17) is 11.6 Å². The zero-order valence-electron chi connectivity index (χ0n) is 14.3. The molecule has 1 aliphatic rings. The van der Waals surface area contributed by atoms with Gasteiger partial charge in [0, 0.05) is 11.6 Å². The van der Waals surface area contributed by atoms with E-state index in [0.29, 0.717) is 16.9 Å². The van der Waals surface area contributed by atoms with Gasteiger partial charge in [0.25, 0.3) is 0 Å². The van der Waals surface area contributed by atoms with Gasteiger partial charge in [-0.3, -0.25) is 4.68 Å². The molecular formula is C17H18ClN7. The molecule has 3 aromatic heterocycles. The number of rotatable bonds is 4. The predicted molar refractivity (Wildman–Crippen MR) is 95.2 cm³/mol. The molecule has 1 saturated carbocycles. The number of halogens is 1. The maximum Gasteiger partial charge on any atom is 0.245 e. The number of nitrogens with one attached hydrogen (secondary N) is 1. The van der Waals surface area contributed by atoms with E-state index >= 15 is 0 Å². The van der Waals surface area contributed by atoms with Crippen LogP contribution in [-0.4, -0.2) is 24.4 Å². The van der Waals surface area contributed by atoms with Crippen molar-refractivity contribution >= 4 is 28.8 Å². The van der Waals surface area contributed by atoms with Gasteiger partial charge in [-0.05, 0) is 39.7 Å². The third kappa shape index (κ3) is 2.72. The number of nitrogens with zero attached hydrogens (tertiary/aromatic N) is 6. The average Bonchev–Trinajstić information content (AvgIpc) is 3.29. The highest BCUT2D eigenvalue weighted by Gasteiger charge is 2.28. The summed E-state index contributed by atoms with van der Waals surface area (Å²) in [6.07, 6.45) is 5.87. The Morgan fingerprint density at radius 2 is 2.12 bits per heavy atom. The third-order valence-electron chi connectivity index (χ3n) is 4.48. The first-order valence-electron chi connectivity index (χ1n) is 8.18. The van der Waals surface area contributed by atoms with E-state index in [1.807, 2.05) is 31.4 Å². The van der Waals surface area contributed by atoms with Crippen molar-refractivity contribution in [3.8, 4) is 6.07 Å². The minimum atomic E-state index is -0.720. The van der Waals surface area contributed by atoms with Crippen LogP contribution in [0.15, 0.2) is 18.5 Å². The molecule has 4 rings (SSSR count). The van der Waals surface area contributed by atoms with E-state index in [1.54, 1.807) is 17.1 Å². The Labute approximate surface area is 150 Å². The second-order valence-electron chi connectivity index (χ2n) is 6.94. The molecule has 1 N–H and O–H groups in total. The number of hydrogen-bond donors (Lipinski definition) is 1. The Bertz CT molecular complexity index is 1000. The van der Waals surface area contributed by atoms with Crippen LogP contribution in [-0.2, 0) is 5.54 Å². The largest absolute Gasteiger partial charge is 0.320 e. The molecule has 25 heavy (non-hydrogen) atoms. The summed E-state index contributed by atoms with van der Waals surface area (Å²) >= 11 is 6.29. The molecule has 0 spiro atoms. The highest BCUT2D eigenvalue weighted by molar-refractivity contribution is 6.34. The van der Waals surface area contributed by atoms with Crippen molar-refractivity contribution < 1.29 is 0 Å². The molecule has 1 aliphatic carbocycles. The van der Waals surface area contributed by atoms with E-state index in [2.05, 4.69) is 26.6 Å². The number of hydrogen-bond acceptors (Lipinski definition) is 5. The summed E-state index contributed by atoms with van der Waals surface area (Å²) in [5.41, 5.74) is 2.77. The lowest BCUT2D eigenvalue weighted by atomic mass is 10.1. The maximum atomic E-state index is 9.27. The van der Waals surface area contributed by atoms with Gasteiger partial charge in [-0.2, -0.15) is 10.4 Å². The highest BCUT2D eigenvalue weighted by atomic mass is 35.5. The lowest BCUT2D eigenvalue weighted by Gasteiger charge is -2.15. The molecule has 8 heteroatoms. The van der Waals surface area contributed by atoms with Gasteiger partial charge >= 0.3 is 0 Å². The van der Waals surface area contributed by atoms with E-state index in [1.165, 1.54) is 12.8 Å². The van der Waals surface area contributed by atoms with Gasteiger partial charge in [0.2, 0.25) is 5.95 Å². The second kappa shape index (κ2) is 5.46. The fourth-order valence-corrected chi connectivity index (χ4v) is 2.98. The molecule has 7 nitrogen and oxygen atoms in total. The van der Waals surface area contributed by atoms with Gasteiger partial charge in [-0.1, -0.05) is 11.6 Å². The third-order valence-corrected chi connectivity index (χ3v) is 4.79. The van der Waals surface area contributed by atoms with E-state index in [9.17, 15) is 5.26 Å². The van der Waals surface area contributed by atoms with Gasteiger partial charge in [-0.15, -0.1) is 5.10 Å². The van der Waals surface area contributed by atoms with Crippen LogP contribution in [0.4, 0.5) is 11.6 Å². The smallest absolute Gasteiger partial charge is 0.245 e. The summed E-state index contributed by atoms with van der Waals surface area (Å²) in [4.78, 5) is 4.36. The van der Waals surface area contributed by atoms with E-state index in [-0.39, 0.29) is 0 Å². The van der Waals surface area contributed by atoms with Crippen molar-refractivity contribution in [3.05, 3.63) is 34.9 Å². The first-order valence-corrected chi connectivity index (χ1v) is 8.56. The minimum Gasteiger partial charge on any atom is -0.320 e. The quantitative estimate of drug-likeness (QED) is 0.770. The lowest BCUT2D eigenvalue weighted by Crippen LogP contribution is -2.24. The van der Waals surface area contributed by atoms with Crippen LogP contribution < -0.4 is 5.32 Å². The standard InChI is InChI=1S/C17H18ClN7/c1-10-13(8-24(22-10)17(2,3)9-19)21-16-20-7-15-12(18)6-14(11-4-5-11)25(15)23-16/h6-8,11H,4-5H2,1-3H3,(H,21,23). The maximum absolute atomic E-state index is 9.27. The van der Waals surface area contributed by atoms with Crippen LogP contribution in [0, 0.1) is 18.3 Å². The topological polar surface area (TPSA) is 83.8 Å². The molecule has 0 radical (unpaired) electrons. The summed E-state index contributed by atoms with van der Waals surface area (Å²) in [5.74, 6) is 1.00. The summed E-state index contributed by atoms with van der Waals surface area (Å²) < 4.78 is 3.51. The van der Waals surface area contributed by atoms with Crippen LogP contribution in [0.3, 0.4) is 0 Å². The first-order chi connectivity index (χ1) is 11.9. The zero-order chi connectivity index (χ0) is 17.8. The molecule has 0 aromatic carbocycles. The minimum absolute atomic E-state index is 0.471. The molecule has 0 atom stereocenters. The van der Waals surface area contributed by atoms with Crippen molar-refractivity contribution in [2.75, 3.05) is 5.32 Å². The first kappa shape index (κ1) is 15.9. The average molecular weight is 356 g/mol. The number of anilines is 2. The summed E-state index contributed by atoms with van der Waals surface area (Å²) in [7, 11) is 0. The van der Waals surface area contributed by atoms with Gasteiger partial charge < -0.3 is 5.32 Å². The van der Waals surface area contributed by atoms with Crippen LogP contribution in [0.2, 0.25) is 5.02 Å². The Kier molecular flexibility index (Phi) is 3.48. The summed E-state index contributed by atoms with van der Waals surface area (Å²) in [6, 6.07) is 4.22. The highest BCUT2D eigenvalue weighted by Crippen LogP contribution is 2.42. The molecule has 1 fully saturated rings. The fourth-order valence-electron chi connectivity index (χ4n) is 2.74. The Hall–Kier alpha value is -2.59. The lowest BCUT2D eigenvalue weighted by molar-refractivity contribution is 0.416. The van der Waals surface area contributed by atoms with Crippen molar-refractivity contribution in [1.29, 1.82) is 5.26 Å². The molecular weight excluding hydrogens is 338 g/mol. The molecule has 0 aliphatic heterocycles. The number of nitriles is 1. The molecule has 128 valence electrons. The summed E-state index contributed by atoms with van der Waals surface area (Å²) in [6.45, 7) is 5.51. The van der Waals surface area contributed by atoms with Crippen LogP contribution in [0.5, 0.6) is 0 Å². The molecule has 3 aromatic rings. The summed E-state index contributed by atoms with van der Waals surface area (Å²) in [5, 5.41) is 22.2. The number of aryl methyl sites for hydroxylation is 1. The van der Waals surface area contributed by atoms with Gasteiger partial charge in [-0.25, -0.2) is 9.50 Å². The Balaban J connectivity index is 1.70. The van der Waals surface area contributed by atoms with Crippen LogP contribution in [0.25, 0.3) is 5.52 Å². The van der Waals surface area contributed by atoms with Gasteiger partial charge in [0.15, 0.2) is 0 Å². The van der Waals surface area contributed by atoms with Crippen LogP contribution in [0.1, 0.15) is 44.0 Å². The van der Waals surface area contributed by atoms with Crippen molar-refractivity contribution in [3.63, 3.8) is 0 Å². The van der Waals surface area contributed by atoms with Gasteiger partial charge in [0.1, 0.15) is 11.1 Å². The zero-order valence-corrected chi connectivity index (χ0v) is 15.0. The molecule has 0 bridgehead atoms. The monoisotopic (exact) mass is 355 g/mol. The molecule has 0 unspecified atom stereocenters. The normalized spacial score (nSPS) is 14.7.